The van der Waals surface area contributed by atoms with Crippen LogP contribution in [0.3, 0.4) is 0 Å². The molecule has 0 aliphatic carbocycles. The summed E-state index contributed by atoms with van der Waals surface area (Å²) in [4.78, 5) is 2.55. The molecule has 1 saturated heterocycles. The fraction of sp³-hybridized carbons (Fsp3) is 1.00. The highest BCUT2D eigenvalue weighted by Gasteiger charge is 2.28. The summed E-state index contributed by atoms with van der Waals surface area (Å²) in [5.41, 5.74) is -0.492. The fourth-order valence-electron chi connectivity index (χ4n) is 2.56. The second-order valence-electron chi connectivity index (χ2n) is 5.98. The van der Waals surface area contributed by atoms with Gasteiger partial charge in [0, 0.05) is 6.54 Å². The second kappa shape index (κ2) is 5.31. The van der Waals surface area contributed by atoms with Crippen molar-refractivity contribution in [1.82, 2.24) is 4.90 Å². The van der Waals surface area contributed by atoms with Crippen molar-refractivity contribution in [3.05, 3.63) is 0 Å². The lowest BCUT2D eigenvalue weighted by molar-refractivity contribution is 0.0105. The number of likely N-dealkylation sites (tertiary alicyclic amines) is 1. The Morgan fingerprint density at radius 3 is 2.47 bits per heavy atom. The zero-order valence-electron chi connectivity index (χ0n) is 10.8. The van der Waals surface area contributed by atoms with Crippen molar-refractivity contribution in [3.8, 4) is 0 Å². The van der Waals surface area contributed by atoms with Gasteiger partial charge in [0.2, 0.25) is 0 Å². The molecular formula is C13H27NO. The molecule has 1 aliphatic rings. The summed E-state index contributed by atoms with van der Waals surface area (Å²) >= 11 is 0. The van der Waals surface area contributed by atoms with E-state index in [2.05, 4.69) is 18.7 Å². The van der Waals surface area contributed by atoms with Crippen molar-refractivity contribution in [2.45, 2.75) is 52.6 Å². The standard InChI is InChI=1S/C13H27NO/c1-11(2)10-14-8-5-6-12(7-9-14)13(3,4)15/h11-12,15H,5-10H2,1-4H3. The highest BCUT2D eigenvalue weighted by molar-refractivity contribution is 4.81. The molecule has 2 nitrogen and oxygen atoms in total. The van der Waals surface area contributed by atoms with Crippen LogP contribution in [0.1, 0.15) is 47.0 Å². The molecule has 1 heterocycles. The molecule has 0 bridgehead atoms. The van der Waals surface area contributed by atoms with Gasteiger partial charge in [-0.3, -0.25) is 0 Å². The van der Waals surface area contributed by atoms with Crippen molar-refractivity contribution in [2.75, 3.05) is 19.6 Å². The van der Waals surface area contributed by atoms with Gasteiger partial charge < -0.3 is 10.0 Å². The predicted molar refractivity (Wildman–Crippen MR) is 64.9 cm³/mol. The monoisotopic (exact) mass is 213 g/mol. The quantitative estimate of drug-likeness (QED) is 0.778. The largest absolute Gasteiger partial charge is 0.390 e. The topological polar surface area (TPSA) is 23.5 Å². The van der Waals surface area contributed by atoms with Crippen LogP contribution >= 0.6 is 0 Å². The summed E-state index contributed by atoms with van der Waals surface area (Å²) in [5.74, 6) is 1.23. The van der Waals surface area contributed by atoms with E-state index in [1.165, 1.54) is 25.9 Å². The van der Waals surface area contributed by atoms with Crippen LogP contribution in [-0.2, 0) is 0 Å². The third-order valence-electron chi connectivity index (χ3n) is 3.44. The van der Waals surface area contributed by atoms with E-state index < -0.39 is 5.60 Å². The summed E-state index contributed by atoms with van der Waals surface area (Å²) in [5, 5.41) is 10.0. The maximum atomic E-state index is 10.0. The Bertz CT molecular complexity index is 183. The lowest BCUT2D eigenvalue weighted by Gasteiger charge is -2.28. The van der Waals surface area contributed by atoms with Gasteiger partial charge in [0.1, 0.15) is 0 Å². The SMILES string of the molecule is CC(C)CN1CCCC(C(C)(C)O)CC1. The van der Waals surface area contributed by atoms with Crippen LogP contribution in [0.4, 0.5) is 0 Å². The molecule has 0 amide bonds. The van der Waals surface area contributed by atoms with E-state index in [9.17, 15) is 5.11 Å². The molecule has 1 atom stereocenters. The number of rotatable bonds is 3. The predicted octanol–water partition coefficient (Wildman–Crippen LogP) is 2.52. The molecule has 1 rings (SSSR count). The van der Waals surface area contributed by atoms with Crippen LogP contribution in [0.15, 0.2) is 0 Å². The van der Waals surface area contributed by atoms with Gasteiger partial charge in [0.15, 0.2) is 0 Å². The zero-order valence-corrected chi connectivity index (χ0v) is 10.8. The average Bonchev–Trinajstić information content (AvgIpc) is 2.27. The first-order chi connectivity index (χ1) is 6.89. The minimum Gasteiger partial charge on any atom is -0.390 e. The van der Waals surface area contributed by atoms with E-state index >= 15 is 0 Å². The molecule has 1 aliphatic heterocycles. The molecular weight excluding hydrogens is 186 g/mol. The Kier molecular flexibility index (Phi) is 4.60. The van der Waals surface area contributed by atoms with Crippen molar-refractivity contribution in [3.63, 3.8) is 0 Å². The molecule has 0 spiro atoms. The summed E-state index contributed by atoms with van der Waals surface area (Å²) in [6.07, 6.45) is 3.57. The summed E-state index contributed by atoms with van der Waals surface area (Å²) in [6.45, 7) is 12.0. The third-order valence-corrected chi connectivity index (χ3v) is 3.44. The Hall–Kier alpha value is -0.0800. The highest BCUT2D eigenvalue weighted by Crippen LogP contribution is 2.27. The average molecular weight is 213 g/mol. The summed E-state index contributed by atoms with van der Waals surface area (Å²) in [6, 6.07) is 0. The fourth-order valence-corrected chi connectivity index (χ4v) is 2.56. The first-order valence-electron chi connectivity index (χ1n) is 6.34. The van der Waals surface area contributed by atoms with Gasteiger partial charge in [-0.15, -0.1) is 0 Å². The Morgan fingerprint density at radius 2 is 1.93 bits per heavy atom. The Morgan fingerprint density at radius 1 is 1.27 bits per heavy atom. The van der Waals surface area contributed by atoms with E-state index in [-0.39, 0.29) is 0 Å². The van der Waals surface area contributed by atoms with Crippen LogP contribution in [0, 0.1) is 11.8 Å². The number of nitrogens with zero attached hydrogens (tertiary/aromatic N) is 1. The van der Waals surface area contributed by atoms with Gasteiger partial charge in [-0.25, -0.2) is 0 Å². The molecule has 0 radical (unpaired) electrons. The molecule has 0 aromatic rings. The van der Waals surface area contributed by atoms with Gasteiger partial charge in [-0.05, 0) is 58.0 Å². The maximum Gasteiger partial charge on any atom is 0.0620 e. The minimum absolute atomic E-state index is 0.481. The molecule has 0 saturated carbocycles. The second-order valence-corrected chi connectivity index (χ2v) is 5.98. The van der Waals surface area contributed by atoms with Crippen LogP contribution in [0.25, 0.3) is 0 Å². The van der Waals surface area contributed by atoms with E-state index in [1.807, 2.05) is 13.8 Å². The summed E-state index contributed by atoms with van der Waals surface area (Å²) in [7, 11) is 0. The first kappa shape index (κ1) is 13.0. The van der Waals surface area contributed by atoms with Gasteiger partial charge >= 0.3 is 0 Å². The molecule has 1 fully saturated rings. The molecule has 1 N–H and O–H groups in total. The van der Waals surface area contributed by atoms with Crippen LogP contribution in [0.2, 0.25) is 0 Å². The van der Waals surface area contributed by atoms with Crippen molar-refractivity contribution in [2.24, 2.45) is 11.8 Å². The Labute approximate surface area is 94.7 Å². The lowest BCUT2D eigenvalue weighted by Crippen LogP contribution is -2.33. The van der Waals surface area contributed by atoms with Gasteiger partial charge in [0.25, 0.3) is 0 Å². The smallest absolute Gasteiger partial charge is 0.0620 e. The van der Waals surface area contributed by atoms with Crippen molar-refractivity contribution < 1.29 is 5.11 Å². The lowest BCUT2D eigenvalue weighted by atomic mass is 9.85. The normalized spacial score (nSPS) is 25.6. The van der Waals surface area contributed by atoms with Crippen molar-refractivity contribution in [1.29, 1.82) is 0 Å². The van der Waals surface area contributed by atoms with Gasteiger partial charge in [0.05, 0.1) is 5.60 Å². The first-order valence-corrected chi connectivity index (χ1v) is 6.34. The van der Waals surface area contributed by atoms with E-state index in [4.69, 9.17) is 0 Å². The molecule has 90 valence electrons. The van der Waals surface area contributed by atoms with Gasteiger partial charge in [-0.2, -0.15) is 0 Å². The van der Waals surface area contributed by atoms with Crippen molar-refractivity contribution >= 4 is 0 Å². The molecule has 0 aromatic heterocycles. The van der Waals surface area contributed by atoms with Crippen LogP contribution < -0.4 is 0 Å². The molecule has 0 aromatic carbocycles. The minimum atomic E-state index is -0.492. The molecule has 15 heavy (non-hydrogen) atoms. The van der Waals surface area contributed by atoms with E-state index in [0.717, 1.165) is 18.9 Å². The van der Waals surface area contributed by atoms with Gasteiger partial charge in [-0.1, -0.05) is 13.8 Å². The number of hydrogen-bond donors (Lipinski definition) is 1. The third kappa shape index (κ3) is 4.52. The number of aliphatic hydroxyl groups is 1. The van der Waals surface area contributed by atoms with E-state index in [1.54, 1.807) is 0 Å². The molecule has 1 unspecified atom stereocenters. The maximum absolute atomic E-state index is 10.0. The zero-order chi connectivity index (χ0) is 11.5. The van der Waals surface area contributed by atoms with E-state index in [0.29, 0.717) is 5.92 Å². The highest BCUT2D eigenvalue weighted by atomic mass is 16.3. The summed E-state index contributed by atoms with van der Waals surface area (Å²) < 4.78 is 0. The van der Waals surface area contributed by atoms with Crippen LogP contribution in [-0.4, -0.2) is 35.2 Å². The molecule has 2 heteroatoms. The number of hydrogen-bond acceptors (Lipinski definition) is 2. The Balaban J connectivity index is 2.42. The van der Waals surface area contributed by atoms with Crippen LogP contribution in [0.5, 0.6) is 0 Å².